The van der Waals surface area contributed by atoms with Gasteiger partial charge in [-0.3, -0.25) is 0 Å². The molecule has 27 heavy (non-hydrogen) atoms. The number of rotatable bonds is 8. The molecule has 0 spiro atoms. The lowest BCUT2D eigenvalue weighted by Gasteiger charge is -2.13. The highest BCUT2D eigenvalue weighted by Crippen LogP contribution is 2.25. The van der Waals surface area contributed by atoms with Gasteiger partial charge in [0.25, 0.3) is 0 Å². The molecule has 0 unspecified atom stereocenters. The van der Waals surface area contributed by atoms with Gasteiger partial charge in [-0.05, 0) is 25.0 Å². The minimum absolute atomic E-state index is 0.339. The van der Waals surface area contributed by atoms with Crippen molar-refractivity contribution in [3.8, 4) is 0 Å². The number of hydrogen-bond acceptors (Lipinski definition) is 7. The van der Waals surface area contributed by atoms with Gasteiger partial charge < -0.3 is 14.8 Å². The number of aromatic nitrogens is 5. The van der Waals surface area contributed by atoms with Gasteiger partial charge in [0.2, 0.25) is 0 Å². The summed E-state index contributed by atoms with van der Waals surface area (Å²) in [6.07, 6.45) is 1.92. The summed E-state index contributed by atoms with van der Waals surface area (Å²) in [6, 6.07) is 10.0. The van der Waals surface area contributed by atoms with Crippen LogP contribution in [0.2, 0.25) is 0 Å². The van der Waals surface area contributed by atoms with Crippen LogP contribution in [0.4, 0.5) is 5.82 Å². The van der Waals surface area contributed by atoms with E-state index in [9.17, 15) is 0 Å². The first kappa shape index (κ1) is 17.8. The number of hydrogen-bond donors (Lipinski definition) is 1. The van der Waals surface area contributed by atoms with Crippen molar-refractivity contribution in [1.82, 2.24) is 25.0 Å². The quantitative estimate of drug-likeness (QED) is 0.611. The first-order valence-electron chi connectivity index (χ1n) is 9.30. The van der Waals surface area contributed by atoms with E-state index in [4.69, 9.17) is 9.47 Å². The molecular formula is C19H24N6O2. The number of ether oxygens (including phenoxy) is 2. The van der Waals surface area contributed by atoms with Crippen LogP contribution >= 0.6 is 0 Å². The standard InChI is InChI=1S/C19H24N6O2/c1-26-13-19-21-16(14-7-10-27-12-14)11-18(22-19)20-8-4-9-25-17-6-3-2-5-15(17)23-24-25/h2-3,5-6,11,14H,4,7-10,12-13H2,1H3,(H,20,21,22)/t14-/m0/s1. The minimum atomic E-state index is 0.339. The number of nitrogens with one attached hydrogen (secondary N) is 1. The van der Waals surface area contributed by atoms with E-state index >= 15 is 0 Å². The average Bonchev–Trinajstić information content (AvgIpc) is 3.36. The van der Waals surface area contributed by atoms with Gasteiger partial charge in [-0.15, -0.1) is 5.10 Å². The predicted octanol–water partition coefficient (Wildman–Crippen LogP) is 2.37. The van der Waals surface area contributed by atoms with Crippen molar-refractivity contribution in [3.05, 3.63) is 41.9 Å². The van der Waals surface area contributed by atoms with Crippen molar-refractivity contribution < 1.29 is 9.47 Å². The number of anilines is 1. The Morgan fingerprint density at radius 1 is 1.30 bits per heavy atom. The number of fused-ring (bicyclic) bond motifs is 1. The summed E-state index contributed by atoms with van der Waals surface area (Å²) in [5.41, 5.74) is 3.01. The molecule has 4 rings (SSSR count). The molecule has 8 heteroatoms. The second kappa shape index (κ2) is 8.41. The molecule has 0 bridgehead atoms. The zero-order valence-electron chi connectivity index (χ0n) is 15.5. The minimum Gasteiger partial charge on any atom is -0.381 e. The first-order chi connectivity index (χ1) is 13.3. The molecular weight excluding hydrogens is 344 g/mol. The lowest BCUT2D eigenvalue weighted by molar-refractivity contribution is 0.177. The number of methoxy groups -OCH3 is 1. The van der Waals surface area contributed by atoms with Gasteiger partial charge in [-0.25, -0.2) is 14.6 Å². The van der Waals surface area contributed by atoms with E-state index < -0.39 is 0 Å². The Balaban J connectivity index is 1.38. The molecule has 3 aromatic rings. The summed E-state index contributed by atoms with van der Waals surface area (Å²) in [4.78, 5) is 9.19. The SMILES string of the molecule is COCc1nc(NCCCn2nnc3ccccc32)cc([C@H]2CCOC2)n1. The van der Waals surface area contributed by atoms with Crippen LogP contribution in [0.3, 0.4) is 0 Å². The summed E-state index contributed by atoms with van der Waals surface area (Å²) in [5.74, 6) is 1.87. The molecule has 0 saturated carbocycles. The van der Waals surface area contributed by atoms with Crippen LogP contribution in [0.25, 0.3) is 11.0 Å². The zero-order valence-corrected chi connectivity index (χ0v) is 15.5. The zero-order chi connectivity index (χ0) is 18.5. The highest BCUT2D eigenvalue weighted by molar-refractivity contribution is 5.73. The van der Waals surface area contributed by atoms with Gasteiger partial charge in [-0.2, -0.15) is 0 Å². The van der Waals surface area contributed by atoms with Crippen LogP contribution in [-0.4, -0.2) is 51.8 Å². The Kier molecular flexibility index (Phi) is 5.55. The molecule has 1 aliphatic heterocycles. The van der Waals surface area contributed by atoms with Crippen LogP contribution in [0, 0.1) is 0 Å². The molecule has 2 aromatic heterocycles. The number of aryl methyl sites for hydroxylation is 1. The maximum absolute atomic E-state index is 5.50. The summed E-state index contributed by atoms with van der Waals surface area (Å²) in [6.45, 7) is 3.51. The van der Waals surface area contributed by atoms with Crippen molar-refractivity contribution >= 4 is 16.9 Å². The highest BCUT2D eigenvalue weighted by Gasteiger charge is 2.20. The lowest BCUT2D eigenvalue weighted by atomic mass is 10.0. The molecule has 1 N–H and O–H groups in total. The van der Waals surface area contributed by atoms with Crippen molar-refractivity contribution in [2.45, 2.75) is 31.9 Å². The molecule has 0 radical (unpaired) electrons. The van der Waals surface area contributed by atoms with Gasteiger partial charge in [-0.1, -0.05) is 17.3 Å². The van der Waals surface area contributed by atoms with Gasteiger partial charge in [0.05, 0.1) is 17.8 Å². The molecule has 0 amide bonds. The smallest absolute Gasteiger partial charge is 0.156 e. The van der Waals surface area contributed by atoms with Crippen LogP contribution < -0.4 is 5.32 Å². The monoisotopic (exact) mass is 368 g/mol. The fourth-order valence-corrected chi connectivity index (χ4v) is 3.31. The van der Waals surface area contributed by atoms with Crippen molar-refractivity contribution in [2.24, 2.45) is 0 Å². The van der Waals surface area contributed by atoms with Crippen LogP contribution in [0.1, 0.15) is 30.3 Å². The number of para-hydroxylation sites is 1. The maximum atomic E-state index is 5.50. The fourth-order valence-electron chi connectivity index (χ4n) is 3.31. The Hall–Kier alpha value is -2.58. The summed E-state index contributed by atoms with van der Waals surface area (Å²) < 4.78 is 12.7. The van der Waals surface area contributed by atoms with Crippen molar-refractivity contribution in [1.29, 1.82) is 0 Å². The molecule has 8 nitrogen and oxygen atoms in total. The maximum Gasteiger partial charge on any atom is 0.156 e. The predicted molar refractivity (Wildman–Crippen MR) is 102 cm³/mol. The third-order valence-electron chi connectivity index (χ3n) is 4.69. The van der Waals surface area contributed by atoms with Crippen molar-refractivity contribution in [3.63, 3.8) is 0 Å². The Labute approximate surface area is 157 Å². The number of nitrogens with zero attached hydrogens (tertiary/aromatic N) is 5. The van der Waals surface area contributed by atoms with E-state index in [-0.39, 0.29) is 0 Å². The van der Waals surface area contributed by atoms with E-state index in [2.05, 4.69) is 25.6 Å². The summed E-state index contributed by atoms with van der Waals surface area (Å²) in [5, 5.41) is 11.8. The molecule has 0 aliphatic carbocycles. The molecule has 1 aromatic carbocycles. The summed E-state index contributed by atoms with van der Waals surface area (Å²) >= 11 is 0. The molecule has 142 valence electrons. The molecule has 1 atom stereocenters. The normalized spacial score (nSPS) is 16.9. The van der Waals surface area contributed by atoms with E-state index in [1.165, 1.54) is 0 Å². The van der Waals surface area contributed by atoms with Gasteiger partial charge >= 0.3 is 0 Å². The second-order valence-electron chi connectivity index (χ2n) is 6.67. The Bertz CT molecular complexity index is 891. The van der Waals surface area contributed by atoms with Gasteiger partial charge in [0.15, 0.2) is 5.82 Å². The van der Waals surface area contributed by atoms with Crippen molar-refractivity contribution in [2.75, 3.05) is 32.2 Å². The highest BCUT2D eigenvalue weighted by atomic mass is 16.5. The van der Waals surface area contributed by atoms with Crippen LogP contribution in [0.5, 0.6) is 0 Å². The molecule has 1 fully saturated rings. The van der Waals surface area contributed by atoms with Crippen LogP contribution in [-0.2, 0) is 22.6 Å². The van der Waals surface area contributed by atoms with Gasteiger partial charge in [0, 0.05) is 38.8 Å². The molecule has 1 aliphatic rings. The van der Waals surface area contributed by atoms with E-state index in [0.717, 1.165) is 61.7 Å². The fraction of sp³-hybridized carbons (Fsp3) is 0.474. The van der Waals surface area contributed by atoms with Crippen LogP contribution in [0.15, 0.2) is 30.3 Å². The largest absolute Gasteiger partial charge is 0.381 e. The molecule has 3 heterocycles. The second-order valence-corrected chi connectivity index (χ2v) is 6.67. The van der Waals surface area contributed by atoms with Gasteiger partial charge in [0.1, 0.15) is 17.9 Å². The summed E-state index contributed by atoms with van der Waals surface area (Å²) in [7, 11) is 1.66. The first-order valence-corrected chi connectivity index (χ1v) is 9.30. The third kappa shape index (κ3) is 4.23. The Morgan fingerprint density at radius 3 is 3.07 bits per heavy atom. The van der Waals surface area contributed by atoms with E-state index in [1.807, 2.05) is 35.0 Å². The molecule has 1 saturated heterocycles. The average molecular weight is 368 g/mol. The van der Waals surface area contributed by atoms with E-state index in [0.29, 0.717) is 18.3 Å². The Morgan fingerprint density at radius 2 is 2.22 bits per heavy atom. The topological polar surface area (TPSA) is 87.0 Å². The third-order valence-corrected chi connectivity index (χ3v) is 4.69. The lowest BCUT2D eigenvalue weighted by Crippen LogP contribution is -2.12. The number of benzene rings is 1. The van der Waals surface area contributed by atoms with E-state index in [1.54, 1.807) is 7.11 Å².